The molecule has 0 saturated heterocycles. The number of amides is 3. The highest BCUT2D eigenvalue weighted by molar-refractivity contribution is 7.80. The number of hydrogen-bond acceptors (Lipinski definition) is 8. The molecule has 2 aliphatic heterocycles. The smallest absolute Gasteiger partial charge is 0.251 e. The molecule has 9 nitrogen and oxygen atoms in total. The SMILES string of the molecule is CC(C)C1NC(=O)[C@]2(C)COC(=N2)c2csc(n2)CNC(=O)C[C@@H](/C=C/CCS)NC1=O. The summed E-state index contributed by atoms with van der Waals surface area (Å²) in [6, 6.07) is -1.31. The number of thiol groups is 1. The average molecular weight is 480 g/mol. The second-order valence-corrected chi connectivity index (χ2v) is 9.73. The Morgan fingerprint density at radius 2 is 2.12 bits per heavy atom. The third-order valence-electron chi connectivity index (χ3n) is 5.17. The van der Waals surface area contributed by atoms with Crippen molar-refractivity contribution >= 4 is 47.6 Å². The number of aromatic nitrogens is 1. The molecule has 0 radical (unpaired) electrons. The monoisotopic (exact) mass is 479 g/mol. The zero-order valence-corrected chi connectivity index (χ0v) is 20.1. The van der Waals surface area contributed by atoms with E-state index in [1.807, 2.05) is 19.9 Å². The van der Waals surface area contributed by atoms with Crippen LogP contribution < -0.4 is 16.0 Å². The molecule has 3 rings (SSSR count). The van der Waals surface area contributed by atoms with Gasteiger partial charge in [0.05, 0.1) is 19.0 Å². The Balaban J connectivity index is 1.92. The number of fused-ring (bicyclic) bond motifs is 4. The minimum absolute atomic E-state index is 0.0548. The fourth-order valence-electron chi connectivity index (χ4n) is 3.29. The highest BCUT2D eigenvalue weighted by atomic mass is 32.1. The number of carbonyl (C=O) groups is 3. The lowest BCUT2D eigenvalue weighted by molar-refractivity contribution is -0.133. The second kappa shape index (κ2) is 10.5. The summed E-state index contributed by atoms with van der Waals surface area (Å²) in [5.41, 5.74) is -0.641. The Morgan fingerprint density at radius 1 is 1.34 bits per heavy atom. The maximum absolute atomic E-state index is 13.1. The first kappa shape index (κ1) is 24.2. The molecular formula is C21H29N5O4S2. The topological polar surface area (TPSA) is 122 Å². The highest BCUT2D eigenvalue weighted by Gasteiger charge is 2.42. The predicted molar refractivity (Wildman–Crippen MR) is 126 cm³/mol. The Bertz CT molecular complexity index is 929. The minimum atomic E-state index is -1.16. The molecule has 174 valence electrons. The maximum Gasteiger partial charge on any atom is 0.251 e. The molecule has 0 spiro atoms. The average Bonchev–Trinajstić information content (AvgIpc) is 3.37. The van der Waals surface area contributed by atoms with Crippen LogP contribution >= 0.6 is 24.0 Å². The van der Waals surface area contributed by atoms with Gasteiger partial charge < -0.3 is 20.7 Å². The van der Waals surface area contributed by atoms with Gasteiger partial charge in [-0.15, -0.1) is 11.3 Å². The largest absolute Gasteiger partial charge is 0.473 e. The molecule has 0 saturated carbocycles. The highest BCUT2D eigenvalue weighted by Crippen LogP contribution is 2.23. The van der Waals surface area contributed by atoms with Crippen LogP contribution in [0.25, 0.3) is 0 Å². The molecule has 2 aliphatic rings. The van der Waals surface area contributed by atoms with Crippen LogP contribution in [-0.4, -0.2) is 58.6 Å². The summed E-state index contributed by atoms with van der Waals surface area (Å²) in [4.78, 5) is 47.6. The zero-order chi connectivity index (χ0) is 23.3. The van der Waals surface area contributed by atoms with Crippen molar-refractivity contribution in [3.05, 3.63) is 28.2 Å². The van der Waals surface area contributed by atoms with E-state index in [-0.39, 0.29) is 43.2 Å². The molecule has 0 aliphatic carbocycles. The lowest BCUT2D eigenvalue weighted by Gasteiger charge is -2.27. The molecule has 1 aromatic heterocycles. The predicted octanol–water partition coefficient (Wildman–Crippen LogP) is 1.20. The fourth-order valence-corrected chi connectivity index (χ4v) is 4.14. The molecule has 3 N–H and O–H groups in total. The van der Waals surface area contributed by atoms with E-state index in [2.05, 4.69) is 38.6 Å². The Hall–Kier alpha value is -2.40. The Morgan fingerprint density at radius 3 is 2.84 bits per heavy atom. The molecular weight excluding hydrogens is 450 g/mol. The van der Waals surface area contributed by atoms with Gasteiger partial charge in [0.25, 0.3) is 5.91 Å². The number of nitrogens with zero attached hydrogens (tertiary/aromatic N) is 2. The first-order valence-electron chi connectivity index (χ1n) is 10.5. The number of carbonyl (C=O) groups excluding carboxylic acids is 3. The van der Waals surface area contributed by atoms with E-state index < -0.39 is 23.5 Å². The molecule has 1 unspecified atom stereocenters. The summed E-state index contributed by atoms with van der Waals surface area (Å²) < 4.78 is 5.66. The van der Waals surface area contributed by atoms with Crippen LogP contribution in [0.4, 0.5) is 0 Å². The van der Waals surface area contributed by atoms with E-state index in [0.29, 0.717) is 22.9 Å². The Labute approximate surface area is 196 Å². The van der Waals surface area contributed by atoms with Crippen molar-refractivity contribution in [3.63, 3.8) is 0 Å². The van der Waals surface area contributed by atoms with Crippen molar-refractivity contribution in [2.24, 2.45) is 10.9 Å². The lowest BCUT2D eigenvalue weighted by Crippen LogP contribution is -2.56. The van der Waals surface area contributed by atoms with Gasteiger partial charge in [-0.2, -0.15) is 12.6 Å². The number of ether oxygens (including phenoxy) is 1. The summed E-state index contributed by atoms with van der Waals surface area (Å²) >= 11 is 5.56. The normalized spacial score (nSPS) is 27.0. The van der Waals surface area contributed by atoms with Crippen LogP contribution in [0.1, 0.15) is 44.3 Å². The first-order chi connectivity index (χ1) is 15.2. The summed E-state index contributed by atoms with van der Waals surface area (Å²) in [6.45, 7) is 5.67. The third kappa shape index (κ3) is 5.89. The van der Waals surface area contributed by atoms with Gasteiger partial charge in [-0.05, 0) is 25.0 Å². The number of rotatable bonds is 4. The van der Waals surface area contributed by atoms with Gasteiger partial charge in [0.15, 0.2) is 5.54 Å². The number of thiazole rings is 1. The van der Waals surface area contributed by atoms with Gasteiger partial charge >= 0.3 is 0 Å². The van der Waals surface area contributed by atoms with Crippen LogP contribution in [-0.2, 0) is 25.7 Å². The zero-order valence-electron chi connectivity index (χ0n) is 18.4. The van der Waals surface area contributed by atoms with Crippen molar-refractivity contribution in [2.45, 2.75) is 57.8 Å². The molecule has 3 atom stereocenters. The molecule has 11 heteroatoms. The molecule has 0 fully saturated rings. The van der Waals surface area contributed by atoms with E-state index >= 15 is 0 Å². The molecule has 32 heavy (non-hydrogen) atoms. The molecule has 3 amide bonds. The summed E-state index contributed by atoms with van der Waals surface area (Å²) in [7, 11) is 0. The van der Waals surface area contributed by atoms with Gasteiger partial charge in [-0.1, -0.05) is 26.0 Å². The number of allylic oxidation sites excluding steroid dienone is 1. The van der Waals surface area contributed by atoms with Crippen LogP contribution in [0, 0.1) is 5.92 Å². The fraction of sp³-hybridized carbons (Fsp3) is 0.571. The van der Waals surface area contributed by atoms with Gasteiger partial charge in [0, 0.05) is 5.38 Å². The van der Waals surface area contributed by atoms with Crippen molar-refractivity contribution in [2.75, 3.05) is 12.4 Å². The first-order valence-corrected chi connectivity index (χ1v) is 12.1. The lowest BCUT2D eigenvalue weighted by atomic mass is 9.99. The summed E-state index contributed by atoms with van der Waals surface area (Å²) in [5, 5.41) is 11.0. The van der Waals surface area contributed by atoms with Crippen LogP contribution in [0.5, 0.6) is 0 Å². The van der Waals surface area contributed by atoms with Crippen molar-refractivity contribution in [1.29, 1.82) is 0 Å². The van der Waals surface area contributed by atoms with Crippen LogP contribution in [0.15, 0.2) is 22.5 Å². The maximum atomic E-state index is 13.1. The minimum Gasteiger partial charge on any atom is -0.473 e. The van der Waals surface area contributed by atoms with E-state index in [9.17, 15) is 14.4 Å². The van der Waals surface area contributed by atoms with Crippen molar-refractivity contribution < 1.29 is 19.1 Å². The number of hydrogen-bond donors (Lipinski definition) is 4. The summed E-state index contributed by atoms with van der Waals surface area (Å²) in [5.74, 6) is -0.217. The van der Waals surface area contributed by atoms with E-state index in [1.165, 1.54) is 11.3 Å². The van der Waals surface area contributed by atoms with Crippen LogP contribution in [0.3, 0.4) is 0 Å². The van der Waals surface area contributed by atoms with Gasteiger partial charge in [-0.3, -0.25) is 14.4 Å². The van der Waals surface area contributed by atoms with Gasteiger partial charge in [-0.25, -0.2) is 9.98 Å². The molecule has 3 heterocycles. The number of aliphatic imine (C=N–C) groups is 1. The van der Waals surface area contributed by atoms with Gasteiger partial charge in [0.1, 0.15) is 23.4 Å². The van der Waals surface area contributed by atoms with Crippen LogP contribution in [0.2, 0.25) is 0 Å². The van der Waals surface area contributed by atoms with Crippen molar-refractivity contribution in [3.8, 4) is 0 Å². The van der Waals surface area contributed by atoms with Crippen molar-refractivity contribution in [1.82, 2.24) is 20.9 Å². The standard InChI is InChI=1S/C21H29N5O4S2/c1-12(2)17-18(28)23-13(6-4-5-7-31)8-15(27)22-9-16-24-14(10-32-16)19-26-21(3,11-30-19)20(29)25-17/h4,6,10,12-13,17,31H,5,7-9,11H2,1-3H3,(H,22,27)(H,23,28)(H,25,29)/b6-4+/t13-,17?,21+/m1/s1. The number of nitrogens with one attached hydrogen (secondary N) is 3. The van der Waals surface area contributed by atoms with E-state index in [0.717, 1.165) is 0 Å². The van der Waals surface area contributed by atoms with E-state index in [1.54, 1.807) is 18.4 Å². The molecule has 1 aromatic rings. The molecule has 4 bridgehead atoms. The second-order valence-electron chi connectivity index (χ2n) is 8.34. The quantitative estimate of drug-likeness (QED) is 0.382. The molecule has 0 aromatic carbocycles. The third-order valence-corrected chi connectivity index (χ3v) is 6.27. The van der Waals surface area contributed by atoms with E-state index in [4.69, 9.17) is 4.74 Å². The van der Waals surface area contributed by atoms with Gasteiger partial charge in [0.2, 0.25) is 17.7 Å². The summed E-state index contributed by atoms with van der Waals surface area (Å²) in [6.07, 6.45) is 4.45. The Kier molecular flexibility index (Phi) is 7.94.